The average Bonchev–Trinajstić information content (AvgIpc) is 2.14. The summed E-state index contributed by atoms with van der Waals surface area (Å²) in [6.45, 7) is 0. The van der Waals surface area contributed by atoms with Crippen molar-refractivity contribution in [1.82, 2.24) is 15.2 Å². The molecule has 0 radical (unpaired) electrons. The molecule has 0 bridgehead atoms. The molecule has 0 spiro atoms. The summed E-state index contributed by atoms with van der Waals surface area (Å²) >= 11 is 0. The highest BCUT2D eigenvalue weighted by Crippen LogP contribution is 1.93. The van der Waals surface area contributed by atoms with Crippen LogP contribution in [0.4, 0.5) is 5.95 Å². The van der Waals surface area contributed by atoms with E-state index in [9.17, 15) is 4.91 Å². The van der Waals surface area contributed by atoms with Crippen molar-refractivity contribution in [3.63, 3.8) is 0 Å². The second kappa shape index (κ2) is 3.09. The van der Waals surface area contributed by atoms with Crippen molar-refractivity contribution in [1.29, 1.82) is 0 Å². The third-order valence-electron chi connectivity index (χ3n) is 0.489. The van der Waals surface area contributed by atoms with E-state index in [2.05, 4.69) is 20.4 Å². The monoisotopic (exact) mass is 134 g/mol. The van der Waals surface area contributed by atoms with E-state index in [1.165, 1.54) is 6.33 Å². The molecule has 0 saturated carbocycles. The van der Waals surface area contributed by atoms with Gasteiger partial charge in [-0.3, -0.25) is 0 Å². The first kappa shape index (κ1) is 7.03. The maximum atomic E-state index is 9.48. The predicted molar refractivity (Wildman–Crippen MR) is 29.1 cm³/mol. The van der Waals surface area contributed by atoms with E-state index < -0.39 is 0 Å². The molecule has 1 N–H and O–H groups in total. The molecule has 0 saturated heterocycles. The number of halogens is 1. The molecule has 0 aromatic carbocycles. The van der Waals surface area contributed by atoms with Gasteiger partial charge in [0.1, 0.15) is 6.33 Å². The van der Waals surface area contributed by atoms with Crippen LogP contribution >= 0.6 is 12.4 Å². The van der Waals surface area contributed by atoms with Gasteiger partial charge >= 0.3 is 0 Å². The van der Waals surface area contributed by atoms with Crippen molar-refractivity contribution in [2.24, 2.45) is 5.18 Å². The summed E-state index contributed by atoms with van der Waals surface area (Å²) in [5.41, 5.74) is 0. The Balaban J connectivity index is 0.000000490. The molecule has 44 valence electrons. The molecule has 8 heavy (non-hydrogen) atoms. The summed E-state index contributed by atoms with van der Waals surface area (Å²) in [5, 5.41) is 8.06. The molecule has 0 unspecified atom stereocenters. The number of nitrogens with one attached hydrogen (secondary N) is 1. The quantitative estimate of drug-likeness (QED) is 0.573. The highest BCUT2D eigenvalue weighted by Gasteiger charge is 1.85. The van der Waals surface area contributed by atoms with Crippen LogP contribution in [0.25, 0.3) is 0 Å². The number of aromatic amines is 1. The molecule has 0 aliphatic heterocycles. The molecular weight excluding hydrogens is 132 g/mol. The zero-order valence-corrected chi connectivity index (χ0v) is 4.55. The second-order valence-corrected chi connectivity index (χ2v) is 0.900. The van der Waals surface area contributed by atoms with Crippen LogP contribution in [-0.4, -0.2) is 15.2 Å². The van der Waals surface area contributed by atoms with E-state index in [0.29, 0.717) is 0 Å². The number of nitrogens with zero attached hydrogens (tertiary/aromatic N) is 3. The fraction of sp³-hybridized carbons (Fsp3) is 0. The summed E-state index contributed by atoms with van der Waals surface area (Å²) in [5.74, 6) is 0.0139. The molecule has 0 fully saturated rings. The molecule has 1 heterocycles. The highest BCUT2D eigenvalue weighted by molar-refractivity contribution is 5.85. The van der Waals surface area contributed by atoms with Crippen molar-refractivity contribution in [2.75, 3.05) is 0 Å². The van der Waals surface area contributed by atoms with Crippen LogP contribution < -0.4 is 0 Å². The van der Waals surface area contributed by atoms with Gasteiger partial charge < -0.3 is 0 Å². The molecule has 1 rings (SSSR count). The van der Waals surface area contributed by atoms with E-state index in [-0.39, 0.29) is 18.4 Å². The fourth-order valence-corrected chi connectivity index (χ4v) is 0.243. The minimum absolute atomic E-state index is 0. The van der Waals surface area contributed by atoms with Crippen LogP contribution in [0, 0.1) is 4.91 Å². The van der Waals surface area contributed by atoms with Gasteiger partial charge in [-0.25, -0.2) is 5.10 Å². The molecule has 0 aliphatic carbocycles. The maximum absolute atomic E-state index is 9.48. The number of hydrogen-bond acceptors (Lipinski definition) is 4. The van der Waals surface area contributed by atoms with E-state index in [4.69, 9.17) is 0 Å². The predicted octanol–water partition coefficient (Wildman–Crippen LogP) is 0.624. The third kappa shape index (κ3) is 1.27. The van der Waals surface area contributed by atoms with Gasteiger partial charge in [0, 0.05) is 5.18 Å². The Kier molecular flexibility index (Phi) is 2.71. The van der Waals surface area contributed by atoms with Gasteiger partial charge in [-0.15, -0.1) is 17.3 Å². The first-order chi connectivity index (χ1) is 3.43. The molecule has 1 aromatic heterocycles. The Morgan fingerprint density at radius 2 is 2.50 bits per heavy atom. The molecule has 6 heteroatoms. The molecule has 0 atom stereocenters. The van der Waals surface area contributed by atoms with Crippen LogP contribution in [0.2, 0.25) is 0 Å². The lowest BCUT2D eigenvalue weighted by atomic mass is 11.1. The Hall–Kier alpha value is -0.970. The van der Waals surface area contributed by atoms with Crippen LogP contribution in [0.3, 0.4) is 0 Å². The van der Waals surface area contributed by atoms with Crippen molar-refractivity contribution in [2.45, 2.75) is 0 Å². The van der Waals surface area contributed by atoms with Crippen LogP contribution in [0.15, 0.2) is 11.5 Å². The zero-order chi connectivity index (χ0) is 5.11. The SMILES string of the molecule is Cl.O=Nc1ncn[nH]1. The topological polar surface area (TPSA) is 71.0 Å². The number of hydrogen-bond donors (Lipinski definition) is 1. The van der Waals surface area contributed by atoms with E-state index in [0.717, 1.165) is 0 Å². The van der Waals surface area contributed by atoms with Crippen molar-refractivity contribution >= 4 is 18.4 Å². The Morgan fingerprint density at radius 3 is 2.75 bits per heavy atom. The summed E-state index contributed by atoms with van der Waals surface area (Å²) in [6, 6.07) is 0. The van der Waals surface area contributed by atoms with Gasteiger partial charge in [0.05, 0.1) is 0 Å². The number of H-pyrrole nitrogens is 1. The Morgan fingerprint density at radius 1 is 1.75 bits per heavy atom. The first-order valence-electron chi connectivity index (χ1n) is 1.62. The molecule has 0 amide bonds. The first-order valence-corrected chi connectivity index (χ1v) is 1.62. The minimum atomic E-state index is 0. The van der Waals surface area contributed by atoms with Gasteiger partial charge in [0.25, 0.3) is 5.95 Å². The summed E-state index contributed by atoms with van der Waals surface area (Å²) < 4.78 is 0. The molecule has 5 nitrogen and oxygen atoms in total. The van der Waals surface area contributed by atoms with Gasteiger partial charge in [-0.05, 0) is 0 Å². The van der Waals surface area contributed by atoms with Crippen molar-refractivity contribution in [3.05, 3.63) is 11.2 Å². The minimum Gasteiger partial charge on any atom is -0.241 e. The van der Waals surface area contributed by atoms with Gasteiger partial charge in [0.15, 0.2) is 0 Å². The lowest BCUT2D eigenvalue weighted by Crippen LogP contribution is -1.61. The average molecular weight is 135 g/mol. The standard InChI is InChI=1S/C2H2N4O.ClH/c7-6-2-3-1-4-5-2;/h1H,(H,3,4,5);1H. The van der Waals surface area contributed by atoms with Crippen LogP contribution in [-0.2, 0) is 0 Å². The summed E-state index contributed by atoms with van der Waals surface area (Å²) in [4.78, 5) is 12.9. The largest absolute Gasteiger partial charge is 0.286 e. The molecular formula is C2H3ClN4O. The lowest BCUT2D eigenvalue weighted by molar-refractivity contribution is 1.08. The van der Waals surface area contributed by atoms with E-state index in [1.54, 1.807) is 0 Å². The van der Waals surface area contributed by atoms with Crippen LogP contribution in [0.5, 0.6) is 0 Å². The van der Waals surface area contributed by atoms with Crippen molar-refractivity contribution in [3.8, 4) is 0 Å². The molecule has 0 aliphatic rings. The van der Waals surface area contributed by atoms with Gasteiger partial charge in [-0.2, -0.15) is 10.1 Å². The number of aromatic nitrogens is 3. The van der Waals surface area contributed by atoms with E-state index >= 15 is 0 Å². The maximum Gasteiger partial charge on any atom is 0.286 e. The van der Waals surface area contributed by atoms with Gasteiger partial charge in [0.2, 0.25) is 0 Å². The zero-order valence-electron chi connectivity index (χ0n) is 3.74. The van der Waals surface area contributed by atoms with E-state index in [1.807, 2.05) is 0 Å². The number of nitroso groups, excluding NO2 is 1. The third-order valence-corrected chi connectivity index (χ3v) is 0.489. The van der Waals surface area contributed by atoms with Crippen molar-refractivity contribution < 1.29 is 0 Å². The molecule has 1 aromatic rings. The highest BCUT2D eigenvalue weighted by atomic mass is 35.5. The fourth-order valence-electron chi connectivity index (χ4n) is 0.243. The summed E-state index contributed by atoms with van der Waals surface area (Å²) in [7, 11) is 0. The second-order valence-electron chi connectivity index (χ2n) is 0.900. The summed E-state index contributed by atoms with van der Waals surface area (Å²) in [6.07, 6.45) is 1.22. The lowest BCUT2D eigenvalue weighted by Gasteiger charge is -1.64. The Labute approximate surface area is 50.9 Å². The smallest absolute Gasteiger partial charge is 0.241 e. The van der Waals surface area contributed by atoms with Gasteiger partial charge in [-0.1, -0.05) is 0 Å². The normalized spacial score (nSPS) is 7.50. The number of rotatable bonds is 1. The Bertz CT molecular complexity index is 149. The van der Waals surface area contributed by atoms with Crippen LogP contribution in [0.1, 0.15) is 0 Å².